The van der Waals surface area contributed by atoms with Gasteiger partial charge in [0.2, 0.25) is 0 Å². The minimum atomic E-state index is 0.113. The second-order valence-electron chi connectivity index (χ2n) is 9.21. The number of aromatic nitrogens is 2. The third-order valence-electron chi connectivity index (χ3n) is 7.97. The van der Waals surface area contributed by atoms with Crippen LogP contribution in [0.1, 0.15) is 68.9 Å². The van der Waals surface area contributed by atoms with Crippen LogP contribution in [-0.2, 0) is 7.05 Å². The molecule has 1 amide bonds. The summed E-state index contributed by atoms with van der Waals surface area (Å²) in [6.45, 7) is 7.19. The predicted molar refractivity (Wildman–Crippen MR) is 105 cm³/mol. The second-order valence-corrected chi connectivity index (χ2v) is 9.21. The molecule has 2 saturated carbocycles. The van der Waals surface area contributed by atoms with Crippen molar-refractivity contribution in [1.82, 2.24) is 14.7 Å². The van der Waals surface area contributed by atoms with Gasteiger partial charge in [-0.1, -0.05) is 39.0 Å². The summed E-state index contributed by atoms with van der Waals surface area (Å²) in [6, 6.07) is 0.313. The van der Waals surface area contributed by atoms with Gasteiger partial charge < -0.3 is 4.90 Å². The summed E-state index contributed by atoms with van der Waals surface area (Å²) in [5, 5.41) is 4.41. The van der Waals surface area contributed by atoms with Gasteiger partial charge in [0.05, 0.1) is 17.5 Å². The van der Waals surface area contributed by atoms with Crippen LogP contribution in [0.25, 0.3) is 5.57 Å². The van der Waals surface area contributed by atoms with Crippen LogP contribution in [0.4, 0.5) is 0 Å². The molecule has 1 heterocycles. The average molecular weight is 354 g/mol. The molecule has 2 fully saturated rings. The van der Waals surface area contributed by atoms with Crippen LogP contribution < -0.4 is 0 Å². The molecule has 4 heteroatoms. The lowest BCUT2D eigenvalue weighted by molar-refractivity contribution is 0.0415. The Morgan fingerprint density at radius 2 is 2.08 bits per heavy atom. The van der Waals surface area contributed by atoms with Crippen molar-refractivity contribution in [3.63, 3.8) is 0 Å². The molecule has 4 rings (SSSR count). The molecule has 0 aromatic carbocycles. The van der Waals surface area contributed by atoms with E-state index in [2.05, 4.69) is 44.1 Å². The molecule has 2 bridgehead atoms. The quantitative estimate of drug-likeness (QED) is 0.806. The summed E-state index contributed by atoms with van der Waals surface area (Å²) in [4.78, 5) is 15.5. The van der Waals surface area contributed by atoms with Gasteiger partial charge in [0, 0.05) is 20.1 Å². The molecule has 3 aliphatic carbocycles. The van der Waals surface area contributed by atoms with E-state index in [9.17, 15) is 4.79 Å². The Labute approximate surface area is 156 Å². The average Bonchev–Trinajstić information content (AvgIpc) is 3.18. The van der Waals surface area contributed by atoms with Crippen molar-refractivity contribution in [2.45, 2.75) is 58.9 Å². The lowest BCUT2D eigenvalue weighted by atomic mass is 9.69. The number of carbonyl (C=O) groups is 1. The van der Waals surface area contributed by atoms with Gasteiger partial charge in [-0.3, -0.25) is 9.48 Å². The van der Waals surface area contributed by atoms with Gasteiger partial charge in [-0.05, 0) is 54.4 Å². The molecular formula is C22H31N3O. The molecule has 3 aliphatic rings. The minimum Gasteiger partial charge on any atom is -0.338 e. The highest BCUT2D eigenvalue weighted by Gasteiger charge is 2.62. The fourth-order valence-electron chi connectivity index (χ4n) is 5.80. The number of allylic oxidation sites excluding steroid dienone is 4. The predicted octanol–water partition coefficient (Wildman–Crippen LogP) is 4.44. The largest absolute Gasteiger partial charge is 0.338 e. The second kappa shape index (κ2) is 5.83. The third-order valence-corrected chi connectivity index (χ3v) is 7.97. The summed E-state index contributed by atoms with van der Waals surface area (Å²) < 4.78 is 1.84. The van der Waals surface area contributed by atoms with Crippen LogP contribution in [0.2, 0.25) is 0 Å². The van der Waals surface area contributed by atoms with Crippen LogP contribution in [-0.4, -0.2) is 33.7 Å². The van der Waals surface area contributed by atoms with Crippen molar-refractivity contribution in [3.8, 4) is 0 Å². The molecule has 0 N–H and O–H groups in total. The molecular weight excluding hydrogens is 322 g/mol. The lowest BCUT2D eigenvalue weighted by Gasteiger charge is -2.43. The van der Waals surface area contributed by atoms with Crippen molar-refractivity contribution in [3.05, 3.63) is 35.7 Å². The monoisotopic (exact) mass is 353 g/mol. The first-order valence-electron chi connectivity index (χ1n) is 9.93. The zero-order valence-electron chi connectivity index (χ0n) is 16.7. The van der Waals surface area contributed by atoms with E-state index in [0.717, 1.165) is 42.0 Å². The summed E-state index contributed by atoms with van der Waals surface area (Å²) in [7, 11) is 3.92. The fourth-order valence-corrected chi connectivity index (χ4v) is 5.80. The van der Waals surface area contributed by atoms with Gasteiger partial charge in [-0.25, -0.2) is 0 Å². The van der Waals surface area contributed by atoms with Crippen molar-refractivity contribution in [2.75, 3.05) is 7.05 Å². The number of amides is 1. The van der Waals surface area contributed by atoms with E-state index in [1.54, 1.807) is 6.20 Å². The Morgan fingerprint density at radius 3 is 2.65 bits per heavy atom. The van der Waals surface area contributed by atoms with Crippen LogP contribution >= 0.6 is 0 Å². The number of hydrogen-bond donors (Lipinski definition) is 0. The Balaban J connectivity index is 1.66. The maximum atomic E-state index is 13.5. The Kier molecular flexibility index (Phi) is 3.94. The van der Waals surface area contributed by atoms with E-state index in [1.807, 2.05) is 23.7 Å². The van der Waals surface area contributed by atoms with E-state index in [0.29, 0.717) is 11.5 Å². The van der Waals surface area contributed by atoms with Gasteiger partial charge in [0.1, 0.15) is 0 Å². The highest BCUT2D eigenvalue weighted by Crippen LogP contribution is 2.66. The smallest absolute Gasteiger partial charge is 0.257 e. The summed E-state index contributed by atoms with van der Waals surface area (Å²) in [5.41, 5.74) is 3.31. The Bertz CT molecular complexity index is 800. The number of hydrogen-bond acceptors (Lipinski definition) is 2. The molecule has 3 atom stereocenters. The van der Waals surface area contributed by atoms with Crippen molar-refractivity contribution >= 4 is 11.5 Å². The highest BCUT2D eigenvalue weighted by molar-refractivity contribution is 5.99. The number of carbonyl (C=O) groups excluding carboxylic acids is 1. The van der Waals surface area contributed by atoms with E-state index in [-0.39, 0.29) is 11.3 Å². The number of rotatable bonds is 3. The first kappa shape index (κ1) is 17.6. The standard InChI is InChI=1S/C22H31N3O/c1-21(2)16-11-12-22(21,3)18(13-16)24(4)20(26)17-14-23-25(5)19(17)15-9-7-6-8-10-15/h7,9-10,14,16,18H,6,8,11-13H2,1-5H3/t16-,18+,22+/m1/s1. The van der Waals surface area contributed by atoms with Crippen LogP contribution in [0.15, 0.2) is 24.4 Å². The normalized spacial score (nSPS) is 32.0. The molecule has 4 nitrogen and oxygen atoms in total. The molecule has 0 spiro atoms. The van der Waals surface area contributed by atoms with E-state index >= 15 is 0 Å². The van der Waals surface area contributed by atoms with Crippen molar-refractivity contribution < 1.29 is 4.79 Å². The maximum absolute atomic E-state index is 13.5. The minimum absolute atomic E-state index is 0.113. The van der Waals surface area contributed by atoms with Gasteiger partial charge in [0.15, 0.2) is 0 Å². The fraction of sp³-hybridized carbons (Fsp3) is 0.636. The Morgan fingerprint density at radius 1 is 1.31 bits per heavy atom. The van der Waals surface area contributed by atoms with Gasteiger partial charge in [0.25, 0.3) is 5.91 Å². The topological polar surface area (TPSA) is 38.1 Å². The number of aryl methyl sites for hydroxylation is 1. The molecule has 0 saturated heterocycles. The third kappa shape index (κ3) is 2.27. The SMILES string of the molecule is CN(C(=O)c1cnn(C)c1C1=CCCC=C1)[C@H]1C[C@H]2CC[C@]1(C)C2(C)C. The van der Waals surface area contributed by atoms with Gasteiger partial charge >= 0.3 is 0 Å². The molecule has 26 heavy (non-hydrogen) atoms. The van der Waals surface area contributed by atoms with Crippen LogP contribution in [0.5, 0.6) is 0 Å². The summed E-state index contributed by atoms with van der Waals surface area (Å²) in [5.74, 6) is 0.840. The molecule has 0 radical (unpaired) electrons. The summed E-state index contributed by atoms with van der Waals surface area (Å²) in [6.07, 6.45) is 14.0. The highest BCUT2D eigenvalue weighted by atomic mass is 16.2. The molecule has 0 aliphatic heterocycles. The molecule has 1 aromatic heterocycles. The van der Waals surface area contributed by atoms with Gasteiger partial charge in [-0.2, -0.15) is 5.10 Å². The number of nitrogens with zero attached hydrogens (tertiary/aromatic N) is 3. The van der Waals surface area contributed by atoms with E-state index in [4.69, 9.17) is 0 Å². The van der Waals surface area contributed by atoms with E-state index in [1.165, 1.54) is 12.8 Å². The van der Waals surface area contributed by atoms with Gasteiger partial charge in [-0.15, -0.1) is 0 Å². The zero-order valence-corrected chi connectivity index (χ0v) is 16.7. The van der Waals surface area contributed by atoms with Crippen LogP contribution in [0.3, 0.4) is 0 Å². The first-order valence-corrected chi connectivity index (χ1v) is 9.93. The first-order chi connectivity index (χ1) is 12.3. The zero-order chi connectivity index (χ0) is 18.7. The molecule has 1 aromatic rings. The van der Waals surface area contributed by atoms with Crippen LogP contribution in [0, 0.1) is 16.7 Å². The Hall–Kier alpha value is -1.84. The van der Waals surface area contributed by atoms with Crippen molar-refractivity contribution in [2.24, 2.45) is 23.8 Å². The summed E-state index contributed by atoms with van der Waals surface area (Å²) >= 11 is 0. The molecule has 140 valence electrons. The molecule has 0 unspecified atom stereocenters. The maximum Gasteiger partial charge on any atom is 0.257 e. The lowest BCUT2D eigenvalue weighted by Crippen LogP contribution is -2.48. The van der Waals surface area contributed by atoms with E-state index < -0.39 is 0 Å². The number of fused-ring (bicyclic) bond motifs is 2. The van der Waals surface area contributed by atoms with Crippen molar-refractivity contribution in [1.29, 1.82) is 0 Å².